The third-order valence-corrected chi connectivity index (χ3v) is 1.97. The largest absolute Gasteiger partial charge is 0.317 e. The molecule has 0 aliphatic carbocycles. The third-order valence-electron chi connectivity index (χ3n) is 1.97. The lowest BCUT2D eigenvalue weighted by atomic mass is 10.1. The molecule has 13 heavy (non-hydrogen) atoms. The van der Waals surface area contributed by atoms with E-state index in [1.807, 2.05) is 31.2 Å². The topological polar surface area (TPSA) is 12.0 Å². The van der Waals surface area contributed by atoms with Gasteiger partial charge < -0.3 is 5.32 Å². The van der Waals surface area contributed by atoms with E-state index in [0.29, 0.717) is 13.0 Å². The molecule has 0 aliphatic rings. The second-order valence-electron chi connectivity index (χ2n) is 3.35. The van der Waals surface area contributed by atoms with Crippen LogP contribution >= 0.6 is 0 Å². The van der Waals surface area contributed by atoms with Crippen LogP contribution in [0.5, 0.6) is 0 Å². The minimum Gasteiger partial charge on any atom is -0.317 e. The van der Waals surface area contributed by atoms with Crippen LogP contribution in [0.15, 0.2) is 24.3 Å². The van der Waals surface area contributed by atoms with Gasteiger partial charge in [0.2, 0.25) is 0 Å². The van der Waals surface area contributed by atoms with Gasteiger partial charge in [-0.15, -0.1) is 0 Å². The second kappa shape index (κ2) is 4.97. The maximum atomic E-state index is 13.2. The number of benzene rings is 1. The van der Waals surface area contributed by atoms with Crippen LogP contribution in [0, 0.1) is 6.92 Å². The number of halogens is 1. The molecular formula is C11H16FN. The molecule has 0 unspecified atom stereocenters. The maximum Gasteiger partial charge on any atom is 0.116 e. The smallest absolute Gasteiger partial charge is 0.116 e. The molecule has 1 atom stereocenters. The van der Waals surface area contributed by atoms with Crippen LogP contribution in [-0.2, 0) is 6.42 Å². The molecule has 72 valence electrons. The summed E-state index contributed by atoms with van der Waals surface area (Å²) in [6.45, 7) is 2.45. The molecule has 0 spiro atoms. The minimum absolute atomic E-state index is 0.425. The first-order valence-corrected chi connectivity index (χ1v) is 4.56. The number of alkyl halides is 1. The Hall–Kier alpha value is -0.890. The first-order valence-electron chi connectivity index (χ1n) is 4.56. The lowest BCUT2D eigenvalue weighted by Crippen LogP contribution is -2.21. The Morgan fingerprint density at radius 3 is 2.85 bits per heavy atom. The van der Waals surface area contributed by atoms with Crippen molar-refractivity contribution in [3.63, 3.8) is 0 Å². The monoisotopic (exact) mass is 181 g/mol. The zero-order chi connectivity index (χ0) is 9.68. The predicted molar refractivity (Wildman–Crippen MR) is 53.7 cm³/mol. The Balaban J connectivity index is 2.53. The van der Waals surface area contributed by atoms with Gasteiger partial charge in [-0.3, -0.25) is 0 Å². The number of rotatable bonds is 4. The molecule has 1 rings (SSSR count). The normalized spacial score (nSPS) is 12.8. The van der Waals surface area contributed by atoms with E-state index in [4.69, 9.17) is 0 Å². The van der Waals surface area contributed by atoms with Crippen molar-refractivity contribution in [1.82, 2.24) is 5.32 Å². The summed E-state index contributed by atoms with van der Waals surface area (Å²) in [5.74, 6) is 0. The van der Waals surface area contributed by atoms with E-state index in [9.17, 15) is 4.39 Å². The quantitative estimate of drug-likeness (QED) is 0.750. The molecule has 1 aromatic rings. The highest BCUT2D eigenvalue weighted by Crippen LogP contribution is 2.08. The van der Waals surface area contributed by atoms with Gasteiger partial charge in [-0.1, -0.05) is 29.8 Å². The van der Waals surface area contributed by atoms with Gasteiger partial charge in [-0.25, -0.2) is 4.39 Å². The van der Waals surface area contributed by atoms with E-state index in [1.165, 1.54) is 5.56 Å². The van der Waals surface area contributed by atoms with Gasteiger partial charge in [0, 0.05) is 13.0 Å². The molecule has 2 heteroatoms. The third kappa shape index (κ3) is 3.55. The summed E-state index contributed by atoms with van der Waals surface area (Å²) in [5, 5.41) is 2.83. The zero-order valence-corrected chi connectivity index (χ0v) is 8.18. The molecule has 0 radical (unpaired) electrons. The Bertz CT molecular complexity index is 260. The Labute approximate surface area is 79.0 Å². The maximum absolute atomic E-state index is 13.2. The fraction of sp³-hybridized carbons (Fsp3) is 0.455. The first-order chi connectivity index (χ1) is 6.22. The van der Waals surface area contributed by atoms with Gasteiger partial charge in [0.1, 0.15) is 6.17 Å². The lowest BCUT2D eigenvalue weighted by molar-refractivity contribution is 0.324. The van der Waals surface area contributed by atoms with Gasteiger partial charge in [0.05, 0.1) is 0 Å². The van der Waals surface area contributed by atoms with Gasteiger partial charge in [0.15, 0.2) is 0 Å². The molecular weight excluding hydrogens is 165 g/mol. The van der Waals surface area contributed by atoms with Gasteiger partial charge in [0.25, 0.3) is 0 Å². The molecule has 1 nitrogen and oxygen atoms in total. The Kier molecular flexibility index (Phi) is 3.90. The summed E-state index contributed by atoms with van der Waals surface area (Å²) < 4.78 is 13.2. The predicted octanol–water partition coefficient (Wildman–Crippen LogP) is 2.10. The summed E-state index contributed by atoms with van der Waals surface area (Å²) >= 11 is 0. The summed E-state index contributed by atoms with van der Waals surface area (Å²) in [7, 11) is 1.77. The molecule has 1 aromatic carbocycles. The SMILES string of the molecule is CNC[C@H](F)Cc1cccc(C)c1. The van der Waals surface area contributed by atoms with Gasteiger partial charge in [-0.2, -0.15) is 0 Å². The average Bonchev–Trinajstić information content (AvgIpc) is 2.04. The molecule has 0 amide bonds. The number of nitrogens with one attached hydrogen (secondary N) is 1. The molecule has 0 saturated heterocycles. The average molecular weight is 181 g/mol. The molecule has 1 N–H and O–H groups in total. The summed E-state index contributed by atoms with van der Waals surface area (Å²) in [5.41, 5.74) is 2.26. The van der Waals surface area contributed by atoms with E-state index in [0.717, 1.165) is 5.56 Å². The van der Waals surface area contributed by atoms with E-state index in [-0.39, 0.29) is 0 Å². The van der Waals surface area contributed by atoms with Crippen molar-refractivity contribution in [2.75, 3.05) is 13.6 Å². The van der Waals surface area contributed by atoms with Crippen LogP contribution in [0.2, 0.25) is 0 Å². The number of hydrogen-bond donors (Lipinski definition) is 1. The van der Waals surface area contributed by atoms with Gasteiger partial charge >= 0.3 is 0 Å². The number of aryl methyl sites for hydroxylation is 1. The van der Waals surface area contributed by atoms with Crippen molar-refractivity contribution in [3.05, 3.63) is 35.4 Å². The van der Waals surface area contributed by atoms with Gasteiger partial charge in [-0.05, 0) is 19.5 Å². The molecule has 0 bridgehead atoms. The first kappa shape index (κ1) is 10.2. The van der Waals surface area contributed by atoms with Crippen LogP contribution in [0.1, 0.15) is 11.1 Å². The van der Waals surface area contributed by atoms with Crippen LogP contribution < -0.4 is 5.32 Å². The van der Waals surface area contributed by atoms with E-state index < -0.39 is 6.17 Å². The van der Waals surface area contributed by atoms with E-state index in [2.05, 4.69) is 5.32 Å². The van der Waals surface area contributed by atoms with Crippen molar-refractivity contribution in [2.24, 2.45) is 0 Å². The van der Waals surface area contributed by atoms with E-state index >= 15 is 0 Å². The zero-order valence-electron chi connectivity index (χ0n) is 8.18. The van der Waals surface area contributed by atoms with Crippen molar-refractivity contribution in [2.45, 2.75) is 19.5 Å². The Morgan fingerprint density at radius 2 is 2.23 bits per heavy atom. The van der Waals surface area contributed by atoms with Crippen LogP contribution in [0.3, 0.4) is 0 Å². The highest BCUT2D eigenvalue weighted by molar-refractivity contribution is 5.22. The molecule has 0 fully saturated rings. The van der Waals surface area contributed by atoms with E-state index in [1.54, 1.807) is 7.05 Å². The van der Waals surface area contributed by atoms with Crippen LogP contribution in [-0.4, -0.2) is 19.8 Å². The molecule has 0 aliphatic heterocycles. The minimum atomic E-state index is -0.785. The highest BCUT2D eigenvalue weighted by atomic mass is 19.1. The van der Waals surface area contributed by atoms with Crippen LogP contribution in [0.25, 0.3) is 0 Å². The summed E-state index contributed by atoms with van der Waals surface area (Å²) in [4.78, 5) is 0. The molecule has 0 aromatic heterocycles. The summed E-state index contributed by atoms with van der Waals surface area (Å²) in [6, 6.07) is 7.99. The molecule has 0 saturated carbocycles. The fourth-order valence-electron chi connectivity index (χ4n) is 1.39. The van der Waals surface area contributed by atoms with Crippen molar-refractivity contribution < 1.29 is 4.39 Å². The second-order valence-corrected chi connectivity index (χ2v) is 3.35. The highest BCUT2D eigenvalue weighted by Gasteiger charge is 2.05. The number of hydrogen-bond acceptors (Lipinski definition) is 1. The Morgan fingerprint density at radius 1 is 1.46 bits per heavy atom. The van der Waals surface area contributed by atoms with Crippen molar-refractivity contribution in [1.29, 1.82) is 0 Å². The van der Waals surface area contributed by atoms with Crippen LogP contribution in [0.4, 0.5) is 4.39 Å². The molecule has 0 heterocycles. The standard InChI is InChI=1S/C11H16FN/c1-9-4-3-5-10(6-9)7-11(12)8-13-2/h3-6,11,13H,7-8H2,1-2H3/t11-/m1/s1. The summed E-state index contributed by atoms with van der Waals surface area (Å²) in [6.07, 6.45) is -0.283. The van der Waals surface area contributed by atoms with Crippen molar-refractivity contribution >= 4 is 0 Å². The lowest BCUT2D eigenvalue weighted by Gasteiger charge is -2.07. The van der Waals surface area contributed by atoms with Crippen molar-refractivity contribution in [3.8, 4) is 0 Å². The fourth-order valence-corrected chi connectivity index (χ4v) is 1.39.